The number of nitrogens with two attached hydrogens (primary N) is 2. The third-order valence-corrected chi connectivity index (χ3v) is 2.93. The van der Waals surface area contributed by atoms with Crippen LogP contribution in [-0.2, 0) is 0 Å². The van der Waals surface area contributed by atoms with Gasteiger partial charge in [-0.2, -0.15) is 0 Å². The lowest BCUT2D eigenvalue weighted by molar-refractivity contribution is -0.880. The van der Waals surface area contributed by atoms with Crippen LogP contribution in [0.25, 0.3) is 0 Å². The summed E-state index contributed by atoms with van der Waals surface area (Å²) < 4.78 is -0.114. The maximum Gasteiger partial charge on any atom is 0.186 e. The van der Waals surface area contributed by atoms with Crippen molar-refractivity contribution >= 4 is 5.96 Å². The summed E-state index contributed by atoms with van der Waals surface area (Å²) in [5.41, 5.74) is 10.5. The maximum absolute atomic E-state index is 12.3. The molecule has 0 spiro atoms. The zero-order chi connectivity index (χ0) is 11.1. The highest BCUT2D eigenvalue weighted by Gasteiger charge is 2.17. The third-order valence-electron chi connectivity index (χ3n) is 2.93. The fourth-order valence-electron chi connectivity index (χ4n) is 2.03. The Bertz CT molecular complexity index is 205. The van der Waals surface area contributed by atoms with Crippen LogP contribution >= 0.6 is 0 Å². The molecule has 1 rings (SSSR count). The van der Waals surface area contributed by atoms with Gasteiger partial charge in [0.15, 0.2) is 5.96 Å². The van der Waals surface area contributed by atoms with Crippen LogP contribution in [-0.4, -0.2) is 36.8 Å². The average molecular weight is 214 g/mol. The van der Waals surface area contributed by atoms with E-state index in [9.17, 15) is 5.21 Å². The molecule has 0 saturated carbocycles. The molecule has 88 valence electrons. The van der Waals surface area contributed by atoms with Crippen molar-refractivity contribution < 1.29 is 4.65 Å². The average Bonchev–Trinajstić information content (AvgIpc) is 2.12. The minimum absolute atomic E-state index is 0.0774. The second kappa shape index (κ2) is 5.92. The molecular formula is C10H22N4O. The van der Waals surface area contributed by atoms with Crippen LogP contribution in [0.15, 0.2) is 4.99 Å². The summed E-state index contributed by atoms with van der Waals surface area (Å²) in [5.74, 6) is 0.0774. The monoisotopic (exact) mass is 214 g/mol. The first-order valence-electron chi connectivity index (χ1n) is 5.75. The third kappa shape index (κ3) is 4.99. The maximum atomic E-state index is 12.3. The number of nitrogens with zero attached hydrogens (tertiary/aromatic N) is 2. The normalized spacial score (nSPS) is 21.4. The molecule has 0 amide bonds. The molecule has 1 saturated heterocycles. The lowest BCUT2D eigenvalue weighted by Crippen LogP contribution is -2.46. The zero-order valence-corrected chi connectivity index (χ0v) is 9.32. The van der Waals surface area contributed by atoms with E-state index in [0.29, 0.717) is 13.1 Å². The van der Waals surface area contributed by atoms with Crippen molar-refractivity contribution in [3.05, 3.63) is 5.21 Å². The van der Waals surface area contributed by atoms with Gasteiger partial charge in [-0.05, 0) is 25.7 Å². The second-order valence-corrected chi connectivity index (χ2v) is 4.30. The van der Waals surface area contributed by atoms with Crippen molar-refractivity contribution in [3.63, 3.8) is 0 Å². The molecule has 1 heterocycles. The van der Waals surface area contributed by atoms with Gasteiger partial charge in [-0.15, -0.1) is 0 Å². The van der Waals surface area contributed by atoms with Crippen LogP contribution in [0.3, 0.4) is 0 Å². The highest BCUT2D eigenvalue weighted by molar-refractivity contribution is 5.75. The van der Waals surface area contributed by atoms with Crippen LogP contribution in [0.5, 0.6) is 0 Å². The number of rotatable bonds is 3. The Morgan fingerprint density at radius 2 is 1.60 bits per heavy atom. The fraction of sp³-hybridized carbons (Fsp3) is 0.900. The Kier molecular flexibility index (Phi) is 4.84. The lowest BCUT2D eigenvalue weighted by Gasteiger charge is -2.43. The van der Waals surface area contributed by atoms with E-state index in [4.69, 9.17) is 11.5 Å². The summed E-state index contributed by atoms with van der Waals surface area (Å²) in [5, 5.41) is 12.3. The van der Waals surface area contributed by atoms with Crippen LogP contribution in [0.2, 0.25) is 0 Å². The Morgan fingerprint density at radius 3 is 2.13 bits per heavy atom. The van der Waals surface area contributed by atoms with Crippen molar-refractivity contribution in [2.75, 3.05) is 26.2 Å². The fourth-order valence-corrected chi connectivity index (χ4v) is 2.03. The van der Waals surface area contributed by atoms with Crippen LogP contribution in [0.1, 0.15) is 32.1 Å². The van der Waals surface area contributed by atoms with Crippen molar-refractivity contribution in [1.29, 1.82) is 0 Å². The molecule has 0 aromatic carbocycles. The summed E-state index contributed by atoms with van der Waals surface area (Å²) in [6, 6.07) is 0. The minimum Gasteiger partial charge on any atom is -0.633 e. The highest BCUT2D eigenvalue weighted by atomic mass is 16.5. The number of guanidine groups is 1. The molecule has 1 aliphatic heterocycles. The molecule has 1 fully saturated rings. The van der Waals surface area contributed by atoms with E-state index in [1.165, 1.54) is 19.3 Å². The minimum atomic E-state index is -0.114. The Balaban J connectivity index is 2.36. The van der Waals surface area contributed by atoms with Gasteiger partial charge in [0, 0.05) is 0 Å². The molecule has 5 heteroatoms. The molecule has 4 N–H and O–H groups in total. The lowest BCUT2D eigenvalue weighted by atomic mass is 10.1. The molecule has 0 radical (unpaired) electrons. The van der Waals surface area contributed by atoms with E-state index < -0.39 is 0 Å². The summed E-state index contributed by atoms with van der Waals surface area (Å²) in [7, 11) is 0. The van der Waals surface area contributed by atoms with Crippen LogP contribution < -0.4 is 11.5 Å². The summed E-state index contributed by atoms with van der Waals surface area (Å²) >= 11 is 0. The topological polar surface area (TPSA) is 87.5 Å². The first-order valence-corrected chi connectivity index (χ1v) is 5.75. The van der Waals surface area contributed by atoms with Gasteiger partial charge in [0.1, 0.15) is 0 Å². The molecule has 15 heavy (non-hydrogen) atoms. The molecule has 0 aromatic rings. The van der Waals surface area contributed by atoms with Gasteiger partial charge in [-0.3, -0.25) is 0 Å². The van der Waals surface area contributed by atoms with Crippen molar-refractivity contribution in [1.82, 2.24) is 0 Å². The van der Waals surface area contributed by atoms with Crippen molar-refractivity contribution in [2.24, 2.45) is 16.5 Å². The molecule has 0 atom stereocenters. The summed E-state index contributed by atoms with van der Waals surface area (Å²) in [6.45, 7) is 2.41. The van der Waals surface area contributed by atoms with E-state index >= 15 is 0 Å². The molecule has 1 aliphatic rings. The van der Waals surface area contributed by atoms with Gasteiger partial charge in [0.25, 0.3) is 0 Å². The number of hydroxylamine groups is 3. The zero-order valence-electron chi connectivity index (χ0n) is 9.32. The summed E-state index contributed by atoms with van der Waals surface area (Å²) in [6.07, 6.45) is 5.71. The molecule has 0 bridgehead atoms. The number of hydrogen-bond donors (Lipinski definition) is 2. The summed E-state index contributed by atoms with van der Waals surface area (Å²) in [4.78, 5) is 3.87. The molecule has 5 nitrogen and oxygen atoms in total. The Hall–Kier alpha value is -0.810. The van der Waals surface area contributed by atoms with Crippen molar-refractivity contribution in [3.8, 4) is 0 Å². The molecule has 0 aromatic heterocycles. The van der Waals surface area contributed by atoms with E-state index in [0.717, 1.165) is 25.9 Å². The highest BCUT2D eigenvalue weighted by Crippen LogP contribution is 2.16. The standard InChI is InChI=1S/C10H22N4O/c11-10(12)13-6-9-14(15)7-4-2-1-3-5-8-14/h1-9H2,(H4,11,12,13). The quantitative estimate of drug-likeness (QED) is 0.311. The van der Waals surface area contributed by atoms with E-state index in [1.54, 1.807) is 0 Å². The largest absolute Gasteiger partial charge is 0.633 e. The Labute approximate surface area is 91.3 Å². The van der Waals surface area contributed by atoms with Crippen molar-refractivity contribution in [2.45, 2.75) is 32.1 Å². The van der Waals surface area contributed by atoms with E-state index in [-0.39, 0.29) is 10.6 Å². The smallest absolute Gasteiger partial charge is 0.186 e. The van der Waals surface area contributed by atoms with Gasteiger partial charge in [0.05, 0.1) is 26.2 Å². The predicted molar refractivity (Wildman–Crippen MR) is 62.0 cm³/mol. The second-order valence-electron chi connectivity index (χ2n) is 4.30. The van der Waals surface area contributed by atoms with Crippen LogP contribution in [0, 0.1) is 5.21 Å². The number of quaternary nitrogens is 1. The first-order chi connectivity index (χ1) is 7.12. The van der Waals surface area contributed by atoms with Gasteiger partial charge >= 0.3 is 0 Å². The number of hydrogen-bond acceptors (Lipinski definition) is 2. The van der Waals surface area contributed by atoms with Gasteiger partial charge < -0.3 is 21.3 Å². The number of aliphatic imine (C=N–C) groups is 1. The van der Waals surface area contributed by atoms with Gasteiger partial charge in [-0.25, -0.2) is 4.99 Å². The Morgan fingerprint density at radius 1 is 1.07 bits per heavy atom. The predicted octanol–water partition coefficient (Wildman–Crippen LogP) is 0.538. The number of likely N-dealkylation sites (tertiary alicyclic amines) is 1. The van der Waals surface area contributed by atoms with Crippen LogP contribution in [0.4, 0.5) is 0 Å². The van der Waals surface area contributed by atoms with E-state index in [2.05, 4.69) is 4.99 Å². The van der Waals surface area contributed by atoms with E-state index in [1.807, 2.05) is 0 Å². The van der Waals surface area contributed by atoms with Gasteiger partial charge in [-0.1, -0.05) is 6.42 Å². The first kappa shape index (κ1) is 12.3. The van der Waals surface area contributed by atoms with Gasteiger partial charge in [0.2, 0.25) is 0 Å². The molecule has 0 aliphatic carbocycles. The SMILES string of the molecule is NC(N)=NCC[N+]1([O-])CCCCCCC1. The molecular weight excluding hydrogens is 192 g/mol. The molecule has 0 unspecified atom stereocenters.